The second kappa shape index (κ2) is 5.97. The predicted octanol–water partition coefficient (Wildman–Crippen LogP) is 3.07. The number of hydrogen-bond donors (Lipinski definition) is 2. The molecule has 0 spiro atoms. The maximum Gasteiger partial charge on any atom is 0.223 e. The van der Waals surface area contributed by atoms with E-state index in [1.54, 1.807) is 13.2 Å². The van der Waals surface area contributed by atoms with Crippen LogP contribution in [0.15, 0.2) is 47.1 Å². The highest BCUT2D eigenvalue weighted by atomic mass is 16.3. The minimum Gasteiger partial charge on any atom is -0.469 e. The Morgan fingerprint density at radius 2 is 2.14 bits per heavy atom. The molecule has 0 fully saturated rings. The number of aliphatic hydroxyl groups is 1. The van der Waals surface area contributed by atoms with Gasteiger partial charge in [0.05, 0.1) is 24.3 Å². The molecule has 2 aromatic rings. The number of aryl methyl sites for hydroxylation is 1. The summed E-state index contributed by atoms with van der Waals surface area (Å²) in [5.41, 5.74) is 0.649. The van der Waals surface area contributed by atoms with Crippen LogP contribution in [0.5, 0.6) is 0 Å². The van der Waals surface area contributed by atoms with E-state index in [1.165, 1.54) is 0 Å². The van der Waals surface area contributed by atoms with Gasteiger partial charge >= 0.3 is 0 Å². The molecule has 1 aliphatic rings. The first-order chi connectivity index (χ1) is 10.6. The molecule has 0 saturated carbocycles. The largest absolute Gasteiger partial charge is 0.469 e. The van der Waals surface area contributed by atoms with E-state index in [1.807, 2.05) is 36.4 Å². The number of fused-ring (bicyclic) bond motifs is 1. The van der Waals surface area contributed by atoms with E-state index in [0.29, 0.717) is 0 Å². The Labute approximate surface area is 130 Å². The molecule has 2 unspecified atom stereocenters. The monoisotopic (exact) mass is 299 g/mol. The van der Waals surface area contributed by atoms with Crippen LogP contribution in [-0.4, -0.2) is 11.0 Å². The zero-order valence-electron chi connectivity index (χ0n) is 12.7. The van der Waals surface area contributed by atoms with Gasteiger partial charge in [-0.05, 0) is 31.4 Å². The average Bonchev–Trinajstić information content (AvgIpc) is 2.97. The summed E-state index contributed by atoms with van der Waals surface area (Å²) < 4.78 is 5.44. The fraction of sp³-hybridized carbons (Fsp3) is 0.389. The molecule has 22 heavy (non-hydrogen) atoms. The minimum absolute atomic E-state index is 0.0124. The minimum atomic E-state index is -1.17. The van der Waals surface area contributed by atoms with Crippen molar-refractivity contribution in [3.8, 4) is 0 Å². The van der Waals surface area contributed by atoms with Crippen molar-refractivity contribution in [2.75, 3.05) is 0 Å². The van der Waals surface area contributed by atoms with Gasteiger partial charge in [0.15, 0.2) is 0 Å². The summed E-state index contributed by atoms with van der Waals surface area (Å²) in [5, 5.41) is 13.6. The third-order valence-corrected chi connectivity index (χ3v) is 4.29. The lowest BCUT2D eigenvalue weighted by molar-refractivity contribution is -0.126. The smallest absolute Gasteiger partial charge is 0.223 e. The summed E-state index contributed by atoms with van der Waals surface area (Å²) in [6, 6.07) is 11.2. The Kier molecular flexibility index (Phi) is 4.03. The predicted molar refractivity (Wildman–Crippen MR) is 83.2 cm³/mol. The Balaban J connectivity index is 1.67. The molecule has 4 nitrogen and oxygen atoms in total. The maximum atomic E-state index is 12.3. The summed E-state index contributed by atoms with van der Waals surface area (Å²) in [4.78, 5) is 12.3. The molecular weight excluding hydrogens is 278 g/mol. The van der Waals surface area contributed by atoms with Crippen LogP contribution in [0.4, 0.5) is 0 Å². The van der Waals surface area contributed by atoms with Crippen LogP contribution in [0.1, 0.15) is 49.1 Å². The zero-order chi connectivity index (χ0) is 15.6. The molecule has 2 N–H and O–H groups in total. The fourth-order valence-electron chi connectivity index (χ4n) is 3.09. The van der Waals surface area contributed by atoms with Gasteiger partial charge in [0, 0.05) is 12.0 Å². The number of hydrogen-bond acceptors (Lipinski definition) is 3. The number of carbonyl (C=O) groups is 1. The van der Waals surface area contributed by atoms with Crippen LogP contribution < -0.4 is 5.32 Å². The molecular formula is C18H21NO3. The molecule has 0 aliphatic heterocycles. The molecule has 1 aromatic carbocycles. The quantitative estimate of drug-likeness (QED) is 0.912. The second-order valence-electron chi connectivity index (χ2n) is 6.13. The molecule has 1 aliphatic carbocycles. The highest BCUT2D eigenvalue weighted by Gasteiger charge is 2.29. The number of benzene rings is 1. The van der Waals surface area contributed by atoms with Crippen LogP contribution in [0.25, 0.3) is 0 Å². The van der Waals surface area contributed by atoms with E-state index < -0.39 is 5.60 Å². The van der Waals surface area contributed by atoms with Crippen molar-refractivity contribution in [1.29, 1.82) is 0 Å². The Bertz CT molecular complexity index is 645. The van der Waals surface area contributed by atoms with Gasteiger partial charge in [0.2, 0.25) is 5.91 Å². The molecule has 2 atom stereocenters. The third kappa shape index (κ3) is 3.07. The highest BCUT2D eigenvalue weighted by molar-refractivity contribution is 5.77. The first-order valence-corrected chi connectivity index (χ1v) is 7.70. The van der Waals surface area contributed by atoms with Crippen molar-refractivity contribution < 1.29 is 14.3 Å². The molecule has 0 bridgehead atoms. The standard InChI is InChI=1S/C18H21NO3/c1-18(21,13-6-3-2-4-7-13)12-17(20)19-15-8-5-9-16-14(15)10-11-22-16/h2-4,6-7,10-11,15,21H,5,8-9,12H2,1H3,(H,19,20). The SMILES string of the molecule is CC(O)(CC(=O)NC1CCCc2occc21)c1ccccc1. The van der Waals surface area contributed by atoms with E-state index >= 15 is 0 Å². The summed E-state index contributed by atoms with van der Waals surface area (Å²) in [6.45, 7) is 1.67. The Morgan fingerprint density at radius 1 is 1.36 bits per heavy atom. The van der Waals surface area contributed by atoms with E-state index in [-0.39, 0.29) is 18.4 Å². The van der Waals surface area contributed by atoms with Gasteiger partial charge < -0.3 is 14.8 Å². The molecule has 0 saturated heterocycles. The van der Waals surface area contributed by atoms with Crippen molar-refractivity contribution in [2.24, 2.45) is 0 Å². The maximum absolute atomic E-state index is 12.3. The van der Waals surface area contributed by atoms with Gasteiger partial charge in [-0.2, -0.15) is 0 Å². The zero-order valence-corrected chi connectivity index (χ0v) is 12.7. The summed E-state index contributed by atoms with van der Waals surface area (Å²) >= 11 is 0. The third-order valence-electron chi connectivity index (χ3n) is 4.29. The number of rotatable bonds is 4. The lowest BCUT2D eigenvalue weighted by Gasteiger charge is -2.27. The van der Waals surface area contributed by atoms with Gasteiger partial charge in [0.1, 0.15) is 5.76 Å². The molecule has 3 rings (SSSR count). The van der Waals surface area contributed by atoms with Crippen LogP contribution in [0.2, 0.25) is 0 Å². The van der Waals surface area contributed by atoms with E-state index in [0.717, 1.165) is 36.1 Å². The van der Waals surface area contributed by atoms with E-state index in [2.05, 4.69) is 5.32 Å². The van der Waals surface area contributed by atoms with Crippen molar-refractivity contribution in [1.82, 2.24) is 5.32 Å². The fourth-order valence-corrected chi connectivity index (χ4v) is 3.09. The first kappa shape index (κ1) is 14.9. The van der Waals surface area contributed by atoms with Crippen molar-refractivity contribution in [2.45, 2.75) is 44.2 Å². The molecule has 1 aromatic heterocycles. The average molecular weight is 299 g/mol. The van der Waals surface area contributed by atoms with Gasteiger partial charge in [-0.25, -0.2) is 0 Å². The van der Waals surface area contributed by atoms with Crippen molar-refractivity contribution in [3.05, 3.63) is 59.5 Å². The second-order valence-corrected chi connectivity index (χ2v) is 6.13. The first-order valence-electron chi connectivity index (χ1n) is 7.70. The van der Waals surface area contributed by atoms with Gasteiger partial charge in [0.25, 0.3) is 0 Å². The number of furan rings is 1. The van der Waals surface area contributed by atoms with Crippen molar-refractivity contribution in [3.63, 3.8) is 0 Å². The Morgan fingerprint density at radius 3 is 2.91 bits per heavy atom. The highest BCUT2D eigenvalue weighted by Crippen LogP contribution is 2.31. The van der Waals surface area contributed by atoms with Crippen molar-refractivity contribution >= 4 is 5.91 Å². The summed E-state index contributed by atoms with van der Waals surface area (Å²) in [6.07, 6.45) is 4.55. The summed E-state index contributed by atoms with van der Waals surface area (Å²) in [5.74, 6) is 0.819. The van der Waals surface area contributed by atoms with Gasteiger partial charge in [-0.3, -0.25) is 4.79 Å². The summed E-state index contributed by atoms with van der Waals surface area (Å²) in [7, 11) is 0. The van der Waals surface area contributed by atoms with Crippen LogP contribution >= 0.6 is 0 Å². The molecule has 1 amide bonds. The van der Waals surface area contributed by atoms with Crippen LogP contribution in [-0.2, 0) is 16.8 Å². The number of amides is 1. The normalized spacial score (nSPS) is 20.0. The van der Waals surface area contributed by atoms with E-state index in [4.69, 9.17) is 4.42 Å². The molecule has 0 radical (unpaired) electrons. The molecule has 1 heterocycles. The van der Waals surface area contributed by atoms with Gasteiger partial charge in [-0.1, -0.05) is 30.3 Å². The lowest BCUT2D eigenvalue weighted by Crippen LogP contribution is -2.36. The Hall–Kier alpha value is -2.07. The van der Waals surface area contributed by atoms with Gasteiger partial charge in [-0.15, -0.1) is 0 Å². The van der Waals surface area contributed by atoms with E-state index in [9.17, 15) is 9.90 Å². The molecule has 4 heteroatoms. The molecule has 116 valence electrons. The lowest BCUT2D eigenvalue weighted by atomic mass is 9.90. The number of nitrogens with one attached hydrogen (secondary N) is 1. The van der Waals surface area contributed by atoms with Crippen LogP contribution in [0.3, 0.4) is 0 Å². The van der Waals surface area contributed by atoms with Crippen LogP contribution in [0, 0.1) is 0 Å². The number of carbonyl (C=O) groups excluding carboxylic acids is 1. The topological polar surface area (TPSA) is 62.5 Å².